The molecule has 7 aromatic carbocycles. The van der Waals surface area contributed by atoms with E-state index in [0.717, 1.165) is 38.9 Å². The Morgan fingerprint density at radius 3 is 1.16 bits per heavy atom. The van der Waals surface area contributed by atoms with Crippen LogP contribution >= 0.6 is 0 Å². The molecule has 2 saturated heterocycles. The van der Waals surface area contributed by atoms with Gasteiger partial charge < -0.3 is 52.1 Å². The van der Waals surface area contributed by atoms with E-state index in [2.05, 4.69) is 0 Å². The van der Waals surface area contributed by atoms with Gasteiger partial charge >= 0.3 is 0 Å². The third-order valence-corrected chi connectivity index (χ3v) is 15.2. The summed E-state index contributed by atoms with van der Waals surface area (Å²) in [5.74, 6) is -3.06. The fraction of sp³-hybridized carbons (Fsp3) is 0.354. The van der Waals surface area contributed by atoms with Crippen LogP contribution < -0.4 is 0 Å². The lowest BCUT2D eigenvalue weighted by Gasteiger charge is -2.52. The van der Waals surface area contributed by atoms with Crippen LogP contribution in [0.15, 0.2) is 212 Å². The molecule has 0 N–H and O–H groups in total. The fourth-order valence-corrected chi connectivity index (χ4v) is 11.2. The van der Waals surface area contributed by atoms with Crippen LogP contribution in [0.3, 0.4) is 0 Å². The van der Waals surface area contributed by atoms with Gasteiger partial charge in [0.1, 0.15) is 54.6 Å². The van der Waals surface area contributed by atoms with E-state index in [1.807, 2.05) is 212 Å². The molecule has 7 aromatic rings. The van der Waals surface area contributed by atoms with E-state index in [9.17, 15) is 8.42 Å². The minimum absolute atomic E-state index is 0.00472. The van der Waals surface area contributed by atoms with Crippen LogP contribution in [-0.2, 0) is 113 Å². The Kier molecular flexibility index (Phi) is 22.1. The fourth-order valence-electron chi connectivity index (χ4n) is 9.95. The van der Waals surface area contributed by atoms with Crippen LogP contribution in [0.25, 0.3) is 0 Å². The Labute approximate surface area is 470 Å². The van der Waals surface area contributed by atoms with Gasteiger partial charge in [-0.05, 0) is 45.9 Å². The number of methoxy groups -OCH3 is 1. The summed E-state index contributed by atoms with van der Waals surface area (Å²) in [4.78, 5) is 0. The van der Waals surface area contributed by atoms with Crippen LogP contribution in [0.1, 0.15) is 45.9 Å². The molecule has 0 radical (unpaired) electrons. The van der Waals surface area contributed by atoms with Crippen molar-refractivity contribution in [2.45, 2.75) is 114 Å². The van der Waals surface area contributed by atoms with Crippen molar-refractivity contribution in [3.63, 3.8) is 0 Å². The summed E-state index contributed by atoms with van der Waals surface area (Å²) in [5.41, 5.74) is 6.23. The third-order valence-electron chi connectivity index (χ3n) is 13.9. The van der Waals surface area contributed by atoms with Crippen LogP contribution in [0.5, 0.6) is 0 Å². The highest BCUT2D eigenvalue weighted by Crippen LogP contribution is 2.41. The van der Waals surface area contributed by atoms with Crippen molar-refractivity contribution in [1.29, 1.82) is 0 Å². The Balaban J connectivity index is 1.15. The molecule has 0 spiro atoms. The average molecular weight is 1110 g/mol. The normalized spacial score (nSPS) is 24.1. The van der Waals surface area contributed by atoms with Crippen molar-refractivity contribution in [2.75, 3.05) is 32.7 Å². The SMILES string of the molecule is CCOS(=O)(=O)C[C@]1(OC[C@H]2OC(OC)[C@H](OCc3ccccc3)[C@@H](OCc3ccccc3)[C@@H]2OCc2ccccc2)O[C@H](COCc2ccccc2)[C@@H](OCc2ccccc2)[C@H](OCc2ccccc2)[C@H]1OCc1ccccc1. The predicted molar refractivity (Wildman–Crippen MR) is 301 cm³/mol. The monoisotopic (exact) mass is 1110 g/mol. The molecule has 0 aromatic heterocycles. The van der Waals surface area contributed by atoms with Crippen LogP contribution in [-0.4, -0.2) is 102 Å². The summed E-state index contributed by atoms with van der Waals surface area (Å²) in [6.45, 7) is 2.05. The van der Waals surface area contributed by atoms with Gasteiger partial charge in [-0.1, -0.05) is 212 Å². The maximum atomic E-state index is 14.6. The number of ether oxygens (including phenoxy) is 11. The smallest absolute Gasteiger partial charge is 0.272 e. The van der Waals surface area contributed by atoms with Crippen LogP contribution in [0.2, 0.25) is 0 Å². The van der Waals surface area contributed by atoms with E-state index in [-0.39, 0.29) is 66.1 Å². The van der Waals surface area contributed by atoms with Gasteiger partial charge in [0.05, 0.1) is 66.1 Å². The first-order valence-corrected chi connectivity index (χ1v) is 28.8. The quantitative estimate of drug-likeness (QED) is 0.0394. The third kappa shape index (κ3) is 16.8. The zero-order valence-corrected chi connectivity index (χ0v) is 46.1. The Morgan fingerprint density at radius 2 is 0.762 bits per heavy atom. The first-order valence-electron chi connectivity index (χ1n) is 27.2. The Bertz CT molecular complexity index is 2930. The van der Waals surface area contributed by atoms with Crippen molar-refractivity contribution >= 4 is 10.1 Å². The molecule has 14 nitrogen and oxygen atoms in total. The number of rotatable bonds is 30. The maximum absolute atomic E-state index is 14.6. The van der Waals surface area contributed by atoms with Crippen molar-refractivity contribution in [3.8, 4) is 0 Å². The largest absolute Gasteiger partial charge is 0.374 e. The second-order valence-electron chi connectivity index (χ2n) is 19.7. The zero-order chi connectivity index (χ0) is 55.2. The Morgan fingerprint density at radius 1 is 0.412 bits per heavy atom. The van der Waals surface area contributed by atoms with Gasteiger partial charge in [-0.25, -0.2) is 0 Å². The van der Waals surface area contributed by atoms with Gasteiger partial charge in [-0.2, -0.15) is 8.42 Å². The van der Waals surface area contributed by atoms with Gasteiger partial charge in [0.2, 0.25) is 5.79 Å². The zero-order valence-electron chi connectivity index (χ0n) is 45.3. The summed E-state index contributed by atoms with van der Waals surface area (Å²) in [7, 11) is -2.94. The number of hydrogen-bond donors (Lipinski definition) is 0. The molecule has 2 aliphatic heterocycles. The summed E-state index contributed by atoms with van der Waals surface area (Å²) >= 11 is 0. The molecule has 0 amide bonds. The van der Waals surface area contributed by atoms with Gasteiger partial charge in [0.15, 0.2) is 6.29 Å². The molecule has 80 heavy (non-hydrogen) atoms. The van der Waals surface area contributed by atoms with Crippen LogP contribution in [0, 0.1) is 0 Å². The minimum Gasteiger partial charge on any atom is -0.374 e. The molecular weight excluding hydrogens is 1040 g/mol. The molecular formula is C65H72O14S. The summed E-state index contributed by atoms with van der Waals surface area (Å²) < 4.78 is 111. The highest BCUT2D eigenvalue weighted by molar-refractivity contribution is 7.86. The molecule has 422 valence electrons. The van der Waals surface area contributed by atoms with E-state index in [0.29, 0.717) is 0 Å². The van der Waals surface area contributed by atoms with E-state index in [4.69, 9.17) is 56.3 Å². The molecule has 10 atom stereocenters. The standard InChI is InChI=1S/C65H72O14S/c1-3-77-80(66,67)48-65(76-47-56-58(70-40-50-27-13-5-14-28-50)60(72-42-52-31-17-7-18-32-52)62(64(68-2)78-56)74-44-54-35-21-9-22-36-54)63(75-45-55-37-23-10-24-38-55)61(73-43-53-33-19-8-20-34-53)59(71-41-51-29-15-6-16-30-51)57(79-65)46-69-39-49-25-11-4-12-26-49/h4-38,56-64H,3,39-48H2,1-2H3/t56-,57-,58-,59-,60+,61+,62-,63-,64?,65+/m1/s1. The lowest BCUT2D eigenvalue weighted by Crippen LogP contribution is -2.71. The molecule has 2 heterocycles. The van der Waals surface area contributed by atoms with Gasteiger partial charge in [-0.3, -0.25) is 4.18 Å². The average Bonchev–Trinajstić information content (AvgIpc) is 3.50. The van der Waals surface area contributed by atoms with Gasteiger partial charge in [0, 0.05) is 7.11 Å². The molecule has 2 fully saturated rings. The van der Waals surface area contributed by atoms with E-state index >= 15 is 0 Å². The second kappa shape index (κ2) is 30.2. The van der Waals surface area contributed by atoms with Crippen molar-refractivity contribution in [1.82, 2.24) is 0 Å². The highest BCUT2D eigenvalue weighted by Gasteiger charge is 2.61. The van der Waals surface area contributed by atoms with E-state index in [1.54, 1.807) is 14.0 Å². The van der Waals surface area contributed by atoms with Gasteiger partial charge in [-0.15, -0.1) is 0 Å². The summed E-state index contributed by atoms with van der Waals surface area (Å²) in [6, 6.07) is 68.2. The lowest BCUT2D eigenvalue weighted by molar-refractivity contribution is -0.387. The highest BCUT2D eigenvalue weighted by atomic mass is 32.2. The first kappa shape index (κ1) is 58.7. The second-order valence-corrected chi connectivity index (χ2v) is 21.3. The topological polar surface area (TPSA) is 145 Å². The molecule has 15 heteroatoms. The summed E-state index contributed by atoms with van der Waals surface area (Å²) in [6.07, 6.45) is -8.99. The lowest BCUT2D eigenvalue weighted by atomic mass is 9.91. The minimum atomic E-state index is -4.49. The Hall–Kier alpha value is -5.99. The van der Waals surface area contributed by atoms with Crippen molar-refractivity contribution in [3.05, 3.63) is 251 Å². The maximum Gasteiger partial charge on any atom is 0.272 e. The molecule has 2 aliphatic rings. The van der Waals surface area contributed by atoms with E-state index < -0.39 is 76.8 Å². The van der Waals surface area contributed by atoms with Gasteiger partial charge in [0.25, 0.3) is 10.1 Å². The van der Waals surface area contributed by atoms with Crippen LogP contribution in [0.4, 0.5) is 0 Å². The van der Waals surface area contributed by atoms with E-state index in [1.165, 1.54) is 0 Å². The molecule has 0 bridgehead atoms. The molecule has 1 unspecified atom stereocenters. The van der Waals surface area contributed by atoms with Crippen molar-refractivity contribution in [2.24, 2.45) is 0 Å². The van der Waals surface area contributed by atoms with Crippen molar-refractivity contribution < 1.29 is 64.7 Å². The molecule has 9 rings (SSSR count). The predicted octanol–water partition coefficient (Wildman–Crippen LogP) is 10.6. The summed E-state index contributed by atoms with van der Waals surface area (Å²) in [5, 5.41) is 0. The molecule has 0 aliphatic carbocycles. The number of benzene rings is 7. The molecule has 0 saturated carbocycles. The first-order chi connectivity index (χ1) is 39.3. The number of hydrogen-bond acceptors (Lipinski definition) is 14.